The number of aromatic carboxylic acids is 1. The minimum atomic E-state index is -1.15. The lowest BCUT2D eigenvalue weighted by atomic mass is 10.3. The normalized spacial score (nSPS) is 10.6. The molecule has 1 N–H and O–H groups in total. The van der Waals surface area contributed by atoms with Crippen molar-refractivity contribution in [3.63, 3.8) is 0 Å². The van der Waals surface area contributed by atoms with Crippen LogP contribution in [0.1, 0.15) is 16.2 Å². The van der Waals surface area contributed by atoms with Crippen LogP contribution in [0, 0.1) is 0 Å². The van der Waals surface area contributed by atoms with E-state index >= 15 is 0 Å². The van der Waals surface area contributed by atoms with E-state index in [4.69, 9.17) is 21.4 Å². The van der Waals surface area contributed by atoms with E-state index in [-0.39, 0.29) is 12.3 Å². The number of benzene rings is 1. The van der Waals surface area contributed by atoms with Gasteiger partial charge in [-0.05, 0) is 12.1 Å². The highest BCUT2D eigenvalue weighted by molar-refractivity contribution is 6.32. The molecule has 0 fully saturated rings. The third-order valence-electron chi connectivity index (χ3n) is 2.33. The first-order valence-electron chi connectivity index (χ1n) is 5.07. The topological polar surface area (TPSA) is 77.2 Å². The number of carboxylic acid groups (broad SMARTS) is 1. The Hall–Kier alpha value is -1.92. The second-order valence-electron chi connectivity index (χ2n) is 3.49. The molecule has 0 amide bonds. The number of methoxy groups -OCH3 is 1. The van der Waals surface area contributed by atoms with Crippen molar-refractivity contribution in [3.8, 4) is 5.69 Å². The predicted molar refractivity (Wildman–Crippen MR) is 64.0 cm³/mol. The van der Waals surface area contributed by atoms with Crippen LogP contribution in [-0.2, 0) is 11.3 Å². The van der Waals surface area contributed by atoms with Gasteiger partial charge in [-0.2, -0.15) is 0 Å². The zero-order valence-electron chi connectivity index (χ0n) is 9.50. The van der Waals surface area contributed by atoms with Gasteiger partial charge in [-0.3, -0.25) is 0 Å². The third kappa shape index (κ3) is 2.20. The Morgan fingerprint density at radius 1 is 1.50 bits per heavy atom. The highest BCUT2D eigenvalue weighted by Gasteiger charge is 2.20. The highest BCUT2D eigenvalue weighted by Crippen LogP contribution is 2.21. The molecule has 2 rings (SSSR count). The Balaban J connectivity index is 2.58. The summed E-state index contributed by atoms with van der Waals surface area (Å²) in [6.45, 7) is 0.0832. The van der Waals surface area contributed by atoms with Crippen LogP contribution in [-0.4, -0.2) is 33.2 Å². The summed E-state index contributed by atoms with van der Waals surface area (Å²) in [6, 6.07) is 6.97. The number of para-hydroxylation sites is 1. The van der Waals surface area contributed by atoms with E-state index in [9.17, 15) is 4.79 Å². The molecule has 0 atom stereocenters. The van der Waals surface area contributed by atoms with Gasteiger partial charge in [0.15, 0.2) is 5.69 Å². The Morgan fingerprint density at radius 3 is 2.83 bits per heavy atom. The number of hydrogen-bond acceptors (Lipinski definition) is 4. The molecule has 0 radical (unpaired) electrons. The molecule has 2 aromatic rings. The van der Waals surface area contributed by atoms with Crippen molar-refractivity contribution in [2.45, 2.75) is 6.61 Å². The average Bonchev–Trinajstić information content (AvgIpc) is 2.74. The molecule has 0 spiro atoms. The molecule has 94 valence electrons. The number of hydrogen-bond donors (Lipinski definition) is 1. The largest absolute Gasteiger partial charge is 0.476 e. The fraction of sp³-hybridized carbons (Fsp3) is 0.182. The van der Waals surface area contributed by atoms with Gasteiger partial charge in [-0.25, -0.2) is 9.48 Å². The van der Waals surface area contributed by atoms with Crippen molar-refractivity contribution in [1.29, 1.82) is 0 Å². The monoisotopic (exact) mass is 267 g/mol. The molecule has 1 aromatic heterocycles. The van der Waals surface area contributed by atoms with Gasteiger partial charge in [0.05, 0.1) is 17.3 Å². The first-order chi connectivity index (χ1) is 8.65. The molecule has 1 heterocycles. The van der Waals surface area contributed by atoms with Gasteiger partial charge in [0, 0.05) is 7.11 Å². The van der Waals surface area contributed by atoms with Crippen LogP contribution in [0.4, 0.5) is 0 Å². The van der Waals surface area contributed by atoms with Gasteiger partial charge in [0.1, 0.15) is 5.69 Å². The summed E-state index contributed by atoms with van der Waals surface area (Å²) in [5, 5.41) is 16.9. The lowest BCUT2D eigenvalue weighted by molar-refractivity contribution is 0.0685. The van der Waals surface area contributed by atoms with Gasteiger partial charge in [-0.1, -0.05) is 28.9 Å². The van der Waals surface area contributed by atoms with Crippen LogP contribution in [0.25, 0.3) is 5.69 Å². The minimum absolute atomic E-state index is 0.0832. The van der Waals surface area contributed by atoms with Crippen molar-refractivity contribution in [2.24, 2.45) is 0 Å². The van der Waals surface area contributed by atoms with Crippen LogP contribution in [0.5, 0.6) is 0 Å². The van der Waals surface area contributed by atoms with E-state index in [1.165, 1.54) is 11.8 Å². The molecular weight excluding hydrogens is 258 g/mol. The van der Waals surface area contributed by atoms with E-state index in [1.54, 1.807) is 24.3 Å². The van der Waals surface area contributed by atoms with Crippen LogP contribution in [0.15, 0.2) is 24.3 Å². The molecule has 0 aliphatic rings. The quantitative estimate of drug-likeness (QED) is 0.913. The Labute approximate surface area is 108 Å². The third-order valence-corrected chi connectivity index (χ3v) is 2.65. The number of nitrogens with zero attached hydrogens (tertiary/aromatic N) is 3. The van der Waals surface area contributed by atoms with Crippen molar-refractivity contribution >= 4 is 17.6 Å². The van der Waals surface area contributed by atoms with Crippen molar-refractivity contribution in [1.82, 2.24) is 15.0 Å². The summed E-state index contributed by atoms with van der Waals surface area (Å²) < 4.78 is 6.34. The minimum Gasteiger partial charge on any atom is -0.476 e. The van der Waals surface area contributed by atoms with Gasteiger partial charge >= 0.3 is 5.97 Å². The summed E-state index contributed by atoms with van der Waals surface area (Å²) in [5.74, 6) is -1.15. The summed E-state index contributed by atoms with van der Waals surface area (Å²) in [4.78, 5) is 11.0. The standard InChI is InChI=1S/C11H10ClN3O3/c1-18-6-9-10(11(16)17)13-14-15(9)8-5-3-2-4-7(8)12/h2-5H,6H2,1H3,(H,16,17). The number of rotatable bonds is 4. The van der Waals surface area contributed by atoms with Gasteiger partial charge in [0.25, 0.3) is 0 Å². The maximum absolute atomic E-state index is 11.0. The lowest BCUT2D eigenvalue weighted by Crippen LogP contribution is -2.08. The number of carbonyl (C=O) groups is 1. The molecule has 1 aromatic carbocycles. The van der Waals surface area contributed by atoms with Crippen LogP contribution >= 0.6 is 11.6 Å². The molecular formula is C11H10ClN3O3. The summed E-state index contributed by atoms with van der Waals surface area (Å²) >= 11 is 6.04. The van der Waals surface area contributed by atoms with E-state index in [1.807, 2.05) is 0 Å². The van der Waals surface area contributed by atoms with E-state index in [0.29, 0.717) is 16.4 Å². The SMILES string of the molecule is COCc1c(C(=O)O)nnn1-c1ccccc1Cl. The van der Waals surface area contributed by atoms with E-state index in [2.05, 4.69) is 10.3 Å². The second-order valence-corrected chi connectivity index (χ2v) is 3.89. The van der Waals surface area contributed by atoms with Crippen molar-refractivity contribution < 1.29 is 14.6 Å². The van der Waals surface area contributed by atoms with Gasteiger partial charge in [0.2, 0.25) is 0 Å². The molecule has 0 aliphatic heterocycles. The maximum Gasteiger partial charge on any atom is 0.358 e. The molecule has 7 heteroatoms. The molecule has 6 nitrogen and oxygen atoms in total. The molecule has 0 saturated heterocycles. The summed E-state index contributed by atoms with van der Waals surface area (Å²) in [5.41, 5.74) is 0.765. The van der Waals surface area contributed by atoms with Crippen molar-refractivity contribution in [2.75, 3.05) is 7.11 Å². The smallest absolute Gasteiger partial charge is 0.358 e. The highest BCUT2D eigenvalue weighted by atomic mass is 35.5. The molecule has 18 heavy (non-hydrogen) atoms. The first kappa shape index (κ1) is 12.5. The van der Waals surface area contributed by atoms with E-state index in [0.717, 1.165) is 0 Å². The molecule has 0 unspecified atom stereocenters. The molecule has 0 saturated carbocycles. The Morgan fingerprint density at radius 2 is 2.22 bits per heavy atom. The van der Waals surface area contributed by atoms with E-state index < -0.39 is 5.97 Å². The number of carboxylic acids is 1. The summed E-state index contributed by atoms with van der Waals surface area (Å²) in [7, 11) is 1.47. The predicted octanol–water partition coefficient (Wildman–Crippen LogP) is 1.77. The first-order valence-corrected chi connectivity index (χ1v) is 5.44. The maximum atomic E-state index is 11.0. The Bertz CT molecular complexity index is 583. The fourth-order valence-corrected chi connectivity index (χ4v) is 1.77. The number of aromatic nitrogens is 3. The lowest BCUT2D eigenvalue weighted by Gasteiger charge is -2.07. The molecule has 0 aliphatic carbocycles. The second kappa shape index (κ2) is 5.16. The number of ether oxygens (including phenoxy) is 1. The van der Waals surface area contributed by atoms with Gasteiger partial charge in [-0.15, -0.1) is 5.10 Å². The summed E-state index contributed by atoms with van der Waals surface area (Å²) in [6.07, 6.45) is 0. The fourth-order valence-electron chi connectivity index (χ4n) is 1.55. The zero-order valence-corrected chi connectivity index (χ0v) is 10.3. The Kier molecular flexibility index (Phi) is 3.59. The van der Waals surface area contributed by atoms with Gasteiger partial charge < -0.3 is 9.84 Å². The zero-order chi connectivity index (χ0) is 13.1. The average molecular weight is 268 g/mol. The van der Waals surface area contributed by atoms with Crippen LogP contribution in [0.3, 0.4) is 0 Å². The molecule has 0 bridgehead atoms. The number of halogens is 1. The van der Waals surface area contributed by atoms with Crippen molar-refractivity contribution in [3.05, 3.63) is 40.7 Å². The van der Waals surface area contributed by atoms with Crippen LogP contribution in [0.2, 0.25) is 5.02 Å². The van der Waals surface area contributed by atoms with Crippen LogP contribution < -0.4 is 0 Å².